The average Bonchev–Trinajstić information content (AvgIpc) is 2.74. The fourth-order valence-electron chi connectivity index (χ4n) is 2.82. The van der Waals surface area contributed by atoms with Crippen LogP contribution in [0.1, 0.15) is 17.2 Å². The van der Waals surface area contributed by atoms with Gasteiger partial charge in [-0.15, -0.1) is 0 Å². The minimum Gasteiger partial charge on any atom is -0.354 e. The van der Waals surface area contributed by atoms with Crippen LogP contribution in [0, 0.1) is 13.8 Å². The molecule has 118 valence electrons. The summed E-state index contributed by atoms with van der Waals surface area (Å²) < 4.78 is 1.89. The number of aromatic nitrogens is 4. The average molecular weight is 321 g/mol. The van der Waals surface area contributed by atoms with Gasteiger partial charge in [-0.2, -0.15) is 5.10 Å². The lowest BCUT2D eigenvalue weighted by molar-refractivity contribution is 0.243. The Kier molecular flexibility index (Phi) is 4.31. The summed E-state index contributed by atoms with van der Waals surface area (Å²) in [7, 11) is 1.95. The number of anilines is 1. The zero-order valence-corrected chi connectivity index (χ0v) is 14.0. The van der Waals surface area contributed by atoms with E-state index in [-0.39, 0.29) is 0 Å². The van der Waals surface area contributed by atoms with Crippen molar-refractivity contribution in [1.82, 2.24) is 24.6 Å². The molecule has 22 heavy (non-hydrogen) atoms. The first-order valence-corrected chi connectivity index (χ1v) is 7.87. The van der Waals surface area contributed by atoms with Gasteiger partial charge in [0.1, 0.15) is 11.6 Å². The number of piperazine rings is 1. The van der Waals surface area contributed by atoms with E-state index in [1.807, 2.05) is 37.8 Å². The SMILES string of the molecule is Cc1nccc(N2CCN(Cc3c(Cl)c(C)nn3C)CC2)n1. The number of nitrogens with zero attached hydrogens (tertiary/aromatic N) is 6. The zero-order chi connectivity index (χ0) is 15.7. The van der Waals surface area contributed by atoms with E-state index in [0.717, 1.165) is 60.8 Å². The van der Waals surface area contributed by atoms with Gasteiger partial charge < -0.3 is 4.90 Å². The maximum Gasteiger partial charge on any atom is 0.132 e. The molecular formula is C15H21ClN6. The first-order chi connectivity index (χ1) is 10.5. The summed E-state index contributed by atoms with van der Waals surface area (Å²) in [5.74, 6) is 1.83. The Morgan fingerprint density at radius 1 is 1.18 bits per heavy atom. The molecule has 6 nitrogen and oxygen atoms in total. The summed E-state index contributed by atoms with van der Waals surface area (Å²) in [6.07, 6.45) is 1.82. The van der Waals surface area contributed by atoms with E-state index in [0.29, 0.717) is 0 Å². The minimum atomic E-state index is 0.788. The van der Waals surface area contributed by atoms with Crippen molar-refractivity contribution in [3.63, 3.8) is 0 Å². The van der Waals surface area contributed by atoms with E-state index < -0.39 is 0 Å². The van der Waals surface area contributed by atoms with Crippen LogP contribution in [0.5, 0.6) is 0 Å². The van der Waals surface area contributed by atoms with Gasteiger partial charge in [-0.1, -0.05) is 11.6 Å². The molecule has 7 heteroatoms. The minimum absolute atomic E-state index is 0.788. The third-order valence-corrected chi connectivity index (χ3v) is 4.58. The van der Waals surface area contributed by atoms with Crippen LogP contribution in [-0.2, 0) is 13.6 Å². The third-order valence-electron chi connectivity index (χ3n) is 4.09. The molecule has 2 aromatic rings. The van der Waals surface area contributed by atoms with Gasteiger partial charge in [0.05, 0.1) is 16.4 Å². The van der Waals surface area contributed by atoms with Gasteiger partial charge in [0.25, 0.3) is 0 Å². The molecule has 0 bridgehead atoms. The Balaban J connectivity index is 1.62. The predicted octanol–water partition coefficient (Wildman–Crippen LogP) is 1.80. The topological polar surface area (TPSA) is 50.1 Å². The van der Waals surface area contributed by atoms with Crippen molar-refractivity contribution in [2.75, 3.05) is 31.1 Å². The highest BCUT2D eigenvalue weighted by Crippen LogP contribution is 2.22. The van der Waals surface area contributed by atoms with Crippen LogP contribution in [0.25, 0.3) is 0 Å². The van der Waals surface area contributed by atoms with Crippen LogP contribution in [0.4, 0.5) is 5.82 Å². The molecule has 0 aromatic carbocycles. The summed E-state index contributed by atoms with van der Waals surface area (Å²) in [6.45, 7) is 8.61. The van der Waals surface area contributed by atoms with Gasteiger partial charge in [0.2, 0.25) is 0 Å². The van der Waals surface area contributed by atoms with Crippen LogP contribution >= 0.6 is 11.6 Å². The van der Waals surface area contributed by atoms with Crippen LogP contribution in [0.15, 0.2) is 12.3 Å². The van der Waals surface area contributed by atoms with Gasteiger partial charge in [0, 0.05) is 46.0 Å². The maximum absolute atomic E-state index is 6.34. The molecule has 1 aliphatic heterocycles. The van der Waals surface area contributed by atoms with Crippen LogP contribution in [0.2, 0.25) is 5.02 Å². The number of aryl methyl sites for hydroxylation is 3. The first kappa shape index (κ1) is 15.2. The van der Waals surface area contributed by atoms with Crippen molar-refractivity contribution in [3.8, 4) is 0 Å². The molecule has 0 atom stereocenters. The fourth-order valence-corrected chi connectivity index (χ4v) is 3.04. The third kappa shape index (κ3) is 3.08. The quantitative estimate of drug-likeness (QED) is 0.863. The molecule has 0 radical (unpaired) electrons. The van der Waals surface area contributed by atoms with E-state index in [4.69, 9.17) is 11.6 Å². The number of halogens is 1. The molecule has 1 fully saturated rings. The van der Waals surface area contributed by atoms with E-state index >= 15 is 0 Å². The Morgan fingerprint density at radius 2 is 1.91 bits per heavy atom. The second-order valence-electron chi connectivity index (χ2n) is 5.69. The van der Waals surface area contributed by atoms with Crippen molar-refractivity contribution in [1.29, 1.82) is 0 Å². The molecule has 2 aromatic heterocycles. The standard InChI is InChI=1S/C15H21ClN6/c1-11-15(16)13(20(3)19-11)10-21-6-8-22(9-7-21)14-4-5-17-12(2)18-14/h4-5H,6-10H2,1-3H3. The van der Waals surface area contributed by atoms with Crippen molar-refractivity contribution in [2.45, 2.75) is 20.4 Å². The number of hydrogen-bond acceptors (Lipinski definition) is 5. The molecule has 0 amide bonds. The molecule has 0 saturated carbocycles. The first-order valence-electron chi connectivity index (χ1n) is 7.49. The highest BCUT2D eigenvalue weighted by atomic mass is 35.5. The van der Waals surface area contributed by atoms with Gasteiger partial charge >= 0.3 is 0 Å². The van der Waals surface area contributed by atoms with Gasteiger partial charge in [0.15, 0.2) is 0 Å². The zero-order valence-electron chi connectivity index (χ0n) is 13.3. The van der Waals surface area contributed by atoms with E-state index in [1.54, 1.807) is 0 Å². The number of hydrogen-bond donors (Lipinski definition) is 0. The molecule has 1 aliphatic rings. The van der Waals surface area contributed by atoms with E-state index in [2.05, 4.69) is 24.9 Å². The molecule has 0 aliphatic carbocycles. The molecular weight excluding hydrogens is 300 g/mol. The van der Waals surface area contributed by atoms with Crippen molar-refractivity contribution < 1.29 is 0 Å². The summed E-state index contributed by atoms with van der Waals surface area (Å²) in [4.78, 5) is 13.4. The van der Waals surface area contributed by atoms with E-state index in [9.17, 15) is 0 Å². The number of rotatable bonds is 3. The molecule has 0 spiro atoms. The lowest BCUT2D eigenvalue weighted by Gasteiger charge is -2.35. The Morgan fingerprint density at radius 3 is 2.50 bits per heavy atom. The summed E-state index contributed by atoms with van der Waals surface area (Å²) in [5, 5.41) is 5.17. The highest BCUT2D eigenvalue weighted by molar-refractivity contribution is 6.31. The normalized spacial score (nSPS) is 16.3. The smallest absolute Gasteiger partial charge is 0.132 e. The van der Waals surface area contributed by atoms with Crippen LogP contribution in [0.3, 0.4) is 0 Å². The summed E-state index contributed by atoms with van der Waals surface area (Å²) >= 11 is 6.34. The molecule has 1 saturated heterocycles. The summed E-state index contributed by atoms with van der Waals surface area (Å²) in [6, 6.07) is 1.98. The highest BCUT2D eigenvalue weighted by Gasteiger charge is 2.21. The Labute approximate surface area is 135 Å². The van der Waals surface area contributed by atoms with Gasteiger partial charge in [-0.3, -0.25) is 9.58 Å². The van der Waals surface area contributed by atoms with Crippen molar-refractivity contribution in [3.05, 3.63) is 34.5 Å². The van der Waals surface area contributed by atoms with E-state index in [1.165, 1.54) is 0 Å². The van der Waals surface area contributed by atoms with Crippen LogP contribution < -0.4 is 4.90 Å². The van der Waals surface area contributed by atoms with Gasteiger partial charge in [-0.05, 0) is 19.9 Å². The maximum atomic E-state index is 6.34. The molecule has 3 rings (SSSR count). The summed E-state index contributed by atoms with van der Waals surface area (Å²) in [5.41, 5.74) is 1.99. The van der Waals surface area contributed by atoms with Crippen LogP contribution in [-0.4, -0.2) is 50.8 Å². The Hall–Kier alpha value is -1.66. The second kappa shape index (κ2) is 6.22. The lowest BCUT2D eigenvalue weighted by atomic mass is 10.2. The Bertz CT molecular complexity index is 660. The lowest BCUT2D eigenvalue weighted by Crippen LogP contribution is -2.46. The monoisotopic (exact) mass is 320 g/mol. The molecule has 3 heterocycles. The largest absolute Gasteiger partial charge is 0.354 e. The predicted molar refractivity (Wildman–Crippen MR) is 87.2 cm³/mol. The van der Waals surface area contributed by atoms with Gasteiger partial charge in [-0.25, -0.2) is 9.97 Å². The fraction of sp³-hybridized carbons (Fsp3) is 0.533. The van der Waals surface area contributed by atoms with Crippen molar-refractivity contribution in [2.24, 2.45) is 7.05 Å². The molecule has 0 N–H and O–H groups in total. The molecule has 0 unspecified atom stereocenters. The second-order valence-corrected chi connectivity index (χ2v) is 6.07. The van der Waals surface area contributed by atoms with Crippen molar-refractivity contribution >= 4 is 17.4 Å².